The fourth-order valence-electron chi connectivity index (χ4n) is 1.77. The zero-order chi connectivity index (χ0) is 13.5. The molecule has 19 heavy (non-hydrogen) atoms. The smallest absolute Gasteiger partial charge is 0.139 e. The third-order valence-electron chi connectivity index (χ3n) is 2.62. The minimum absolute atomic E-state index is 0.808. The van der Waals surface area contributed by atoms with Gasteiger partial charge in [-0.15, -0.1) is 11.8 Å². The summed E-state index contributed by atoms with van der Waals surface area (Å²) in [7, 11) is 0. The number of hydrogen-bond donors (Lipinski definition) is 1. The Morgan fingerprint density at radius 1 is 1.16 bits per heavy atom. The Balaban J connectivity index is 2.01. The molecule has 1 heterocycles. The van der Waals surface area contributed by atoms with Crippen molar-refractivity contribution in [3.05, 3.63) is 53.6 Å². The Labute approximate surface area is 118 Å². The Morgan fingerprint density at radius 3 is 2.68 bits per heavy atom. The van der Waals surface area contributed by atoms with Crippen LogP contribution in [0.25, 0.3) is 0 Å². The van der Waals surface area contributed by atoms with Crippen LogP contribution >= 0.6 is 11.8 Å². The van der Waals surface area contributed by atoms with Crippen LogP contribution in [0.1, 0.15) is 24.1 Å². The van der Waals surface area contributed by atoms with E-state index in [1.165, 1.54) is 4.90 Å². The molecule has 0 spiro atoms. The summed E-state index contributed by atoms with van der Waals surface area (Å²) in [5.41, 5.74) is 2.10. The lowest BCUT2D eigenvalue weighted by atomic mass is 10.3. The number of nitrogens with one attached hydrogen (secondary N) is 1. The van der Waals surface area contributed by atoms with Crippen LogP contribution in [0.4, 0.5) is 0 Å². The van der Waals surface area contributed by atoms with Gasteiger partial charge in [-0.1, -0.05) is 25.1 Å². The lowest BCUT2D eigenvalue weighted by Gasteiger charge is -2.06. The minimum Gasteiger partial charge on any atom is -0.311 e. The van der Waals surface area contributed by atoms with Crippen LogP contribution in [-0.2, 0) is 12.3 Å². The highest BCUT2D eigenvalue weighted by Crippen LogP contribution is 2.20. The molecule has 1 aromatic heterocycles. The first kappa shape index (κ1) is 14.0. The Morgan fingerprint density at radius 2 is 1.95 bits per heavy atom. The third-order valence-corrected chi connectivity index (χ3v) is 3.63. The van der Waals surface area contributed by atoms with E-state index in [1.807, 2.05) is 19.1 Å². The van der Waals surface area contributed by atoms with Gasteiger partial charge in [-0.2, -0.15) is 0 Å². The van der Waals surface area contributed by atoms with Crippen LogP contribution in [0.15, 0.2) is 41.3 Å². The van der Waals surface area contributed by atoms with Gasteiger partial charge in [0.25, 0.3) is 0 Å². The fraction of sp³-hybridized carbons (Fsp3) is 0.333. The van der Waals surface area contributed by atoms with Crippen molar-refractivity contribution in [3.8, 4) is 0 Å². The Kier molecular flexibility index (Phi) is 5.36. The predicted octanol–water partition coefficient (Wildman–Crippen LogP) is 3.19. The predicted molar refractivity (Wildman–Crippen MR) is 80.2 cm³/mol. The number of hydrogen-bond acceptors (Lipinski definition) is 4. The van der Waals surface area contributed by atoms with E-state index in [0.717, 1.165) is 36.1 Å². The average molecular weight is 273 g/mol. The van der Waals surface area contributed by atoms with E-state index in [0.29, 0.717) is 0 Å². The van der Waals surface area contributed by atoms with Crippen LogP contribution in [0.2, 0.25) is 0 Å². The molecule has 3 nitrogen and oxygen atoms in total. The summed E-state index contributed by atoms with van der Waals surface area (Å²) in [5, 5.41) is 3.30. The van der Waals surface area contributed by atoms with Gasteiger partial charge in [-0.05, 0) is 31.7 Å². The summed E-state index contributed by atoms with van der Waals surface area (Å²) in [6, 6.07) is 12.4. The van der Waals surface area contributed by atoms with Gasteiger partial charge in [0.1, 0.15) is 5.82 Å². The molecule has 0 amide bonds. The molecule has 4 heteroatoms. The lowest BCUT2D eigenvalue weighted by Crippen LogP contribution is -2.14. The lowest BCUT2D eigenvalue weighted by molar-refractivity contribution is 0.702. The van der Waals surface area contributed by atoms with E-state index in [-0.39, 0.29) is 0 Å². The van der Waals surface area contributed by atoms with E-state index in [9.17, 15) is 0 Å². The maximum Gasteiger partial charge on any atom is 0.139 e. The van der Waals surface area contributed by atoms with Crippen LogP contribution in [0.3, 0.4) is 0 Å². The molecular formula is C15H19N3S. The van der Waals surface area contributed by atoms with Crippen molar-refractivity contribution in [2.75, 3.05) is 6.54 Å². The normalized spacial score (nSPS) is 10.6. The summed E-state index contributed by atoms with van der Waals surface area (Å²) in [5.74, 6) is 1.71. The first-order valence-electron chi connectivity index (χ1n) is 6.50. The van der Waals surface area contributed by atoms with Crippen molar-refractivity contribution < 1.29 is 0 Å². The van der Waals surface area contributed by atoms with E-state index >= 15 is 0 Å². The van der Waals surface area contributed by atoms with Crippen molar-refractivity contribution >= 4 is 11.8 Å². The molecule has 0 bridgehead atoms. The minimum atomic E-state index is 0.808. The first-order chi connectivity index (χ1) is 9.28. The summed E-state index contributed by atoms with van der Waals surface area (Å²) < 4.78 is 0. The second-order valence-electron chi connectivity index (χ2n) is 4.30. The molecule has 1 aromatic carbocycles. The average Bonchev–Trinajstić information content (AvgIpc) is 2.43. The zero-order valence-electron chi connectivity index (χ0n) is 11.4. The summed E-state index contributed by atoms with van der Waals surface area (Å²) in [6.07, 6.45) is 0. The number of aromatic nitrogens is 2. The van der Waals surface area contributed by atoms with Gasteiger partial charge >= 0.3 is 0 Å². The Bertz CT molecular complexity index is 514. The second kappa shape index (κ2) is 7.26. The SMILES string of the molecule is CCNCc1cc(C)nc(CSc2ccccc2)n1. The molecule has 0 radical (unpaired) electrons. The second-order valence-corrected chi connectivity index (χ2v) is 5.35. The highest BCUT2D eigenvalue weighted by Gasteiger charge is 2.03. The van der Waals surface area contributed by atoms with Crippen LogP contribution in [0, 0.1) is 6.92 Å². The molecule has 2 rings (SSSR count). The quantitative estimate of drug-likeness (QED) is 0.820. The van der Waals surface area contributed by atoms with E-state index in [2.05, 4.69) is 46.5 Å². The van der Waals surface area contributed by atoms with Crippen LogP contribution in [0.5, 0.6) is 0 Å². The largest absolute Gasteiger partial charge is 0.311 e. The van der Waals surface area contributed by atoms with Gasteiger partial charge in [-0.3, -0.25) is 0 Å². The molecule has 0 aliphatic carbocycles. The van der Waals surface area contributed by atoms with E-state index in [4.69, 9.17) is 0 Å². The van der Waals surface area contributed by atoms with Gasteiger partial charge in [0.15, 0.2) is 0 Å². The van der Waals surface area contributed by atoms with Crippen molar-refractivity contribution in [2.24, 2.45) is 0 Å². The maximum absolute atomic E-state index is 4.59. The molecule has 0 saturated carbocycles. The van der Waals surface area contributed by atoms with Crippen molar-refractivity contribution in [1.82, 2.24) is 15.3 Å². The van der Waals surface area contributed by atoms with Gasteiger partial charge in [-0.25, -0.2) is 9.97 Å². The number of thioether (sulfide) groups is 1. The van der Waals surface area contributed by atoms with Crippen LogP contribution in [-0.4, -0.2) is 16.5 Å². The number of nitrogens with zero attached hydrogens (tertiary/aromatic N) is 2. The molecule has 0 saturated heterocycles. The molecule has 0 atom stereocenters. The molecule has 0 aliphatic rings. The van der Waals surface area contributed by atoms with Gasteiger partial charge in [0.05, 0.1) is 11.4 Å². The molecule has 0 aliphatic heterocycles. The molecule has 0 fully saturated rings. The van der Waals surface area contributed by atoms with Crippen molar-refractivity contribution in [3.63, 3.8) is 0 Å². The van der Waals surface area contributed by atoms with Crippen LogP contribution < -0.4 is 5.32 Å². The highest BCUT2D eigenvalue weighted by molar-refractivity contribution is 7.98. The number of benzene rings is 1. The Hall–Kier alpha value is -1.39. The number of rotatable bonds is 6. The van der Waals surface area contributed by atoms with E-state index in [1.54, 1.807) is 11.8 Å². The topological polar surface area (TPSA) is 37.8 Å². The van der Waals surface area contributed by atoms with Crippen molar-refractivity contribution in [1.29, 1.82) is 0 Å². The molecule has 0 unspecified atom stereocenters. The fourth-order valence-corrected chi connectivity index (χ4v) is 2.55. The summed E-state index contributed by atoms with van der Waals surface area (Å²) in [6.45, 7) is 5.88. The third kappa shape index (κ3) is 4.65. The molecular weight excluding hydrogens is 254 g/mol. The summed E-state index contributed by atoms with van der Waals surface area (Å²) >= 11 is 1.77. The monoisotopic (exact) mass is 273 g/mol. The molecule has 1 N–H and O–H groups in total. The first-order valence-corrected chi connectivity index (χ1v) is 7.48. The summed E-state index contributed by atoms with van der Waals surface area (Å²) in [4.78, 5) is 10.3. The van der Waals surface area contributed by atoms with Gasteiger partial charge in [0, 0.05) is 17.1 Å². The zero-order valence-corrected chi connectivity index (χ0v) is 12.2. The van der Waals surface area contributed by atoms with E-state index < -0.39 is 0 Å². The number of aryl methyl sites for hydroxylation is 1. The standard InChI is InChI=1S/C15H19N3S/c1-3-16-10-13-9-12(2)17-15(18-13)11-19-14-7-5-4-6-8-14/h4-9,16H,3,10-11H2,1-2H3. The maximum atomic E-state index is 4.59. The molecule has 2 aromatic rings. The van der Waals surface area contributed by atoms with Crippen molar-refractivity contribution in [2.45, 2.75) is 31.0 Å². The molecule has 100 valence electrons. The van der Waals surface area contributed by atoms with Gasteiger partial charge in [0.2, 0.25) is 0 Å². The van der Waals surface area contributed by atoms with Gasteiger partial charge < -0.3 is 5.32 Å². The highest BCUT2D eigenvalue weighted by atomic mass is 32.2.